The average molecular weight is 223 g/mol. The number of hydrogen-bond acceptors (Lipinski definition) is 2. The molecule has 1 aliphatic carbocycles. The molecule has 2 atom stereocenters. The maximum Gasteiger partial charge on any atom is 0.123 e. The van der Waals surface area contributed by atoms with E-state index in [4.69, 9.17) is 10.5 Å². The number of halogens is 1. The van der Waals surface area contributed by atoms with E-state index in [9.17, 15) is 4.39 Å². The monoisotopic (exact) mass is 223 g/mol. The molecule has 0 spiro atoms. The molecule has 2 unspecified atom stereocenters. The van der Waals surface area contributed by atoms with Gasteiger partial charge in [-0.05, 0) is 43.4 Å². The molecule has 1 aromatic rings. The van der Waals surface area contributed by atoms with Crippen LogP contribution in [0.25, 0.3) is 0 Å². The van der Waals surface area contributed by atoms with E-state index in [1.807, 2.05) is 13.0 Å². The van der Waals surface area contributed by atoms with E-state index in [-0.39, 0.29) is 18.0 Å². The molecule has 0 aliphatic heterocycles. The van der Waals surface area contributed by atoms with Crippen molar-refractivity contribution in [1.82, 2.24) is 0 Å². The zero-order valence-corrected chi connectivity index (χ0v) is 9.53. The van der Waals surface area contributed by atoms with Crippen molar-refractivity contribution in [3.63, 3.8) is 0 Å². The lowest BCUT2D eigenvalue weighted by molar-refractivity contribution is 0.0282. The molecule has 2 N–H and O–H groups in total. The van der Waals surface area contributed by atoms with Gasteiger partial charge in [-0.15, -0.1) is 0 Å². The Hall–Kier alpha value is -0.930. The number of hydrogen-bond donors (Lipinski definition) is 1. The first kappa shape index (κ1) is 11.6. The molecule has 1 saturated carbocycles. The summed E-state index contributed by atoms with van der Waals surface area (Å²) in [6.45, 7) is 2.62. The number of ether oxygens (including phenoxy) is 1. The van der Waals surface area contributed by atoms with Gasteiger partial charge >= 0.3 is 0 Å². The third-order valence-corrected chi connectivity index (χ3v) is 3.03. The lowest BCUT2D eigenvalue weighted by Gasteiger charge is -2.24. The Morgan fingerprint density at radius 1 is 1.50 bits per heavy atom. The van der Waals surface area contributed by atoms with Crippen LogP contribution in [0.5, 0.6) is 0 Å². The van der Waals surface area contributed by atoms with E-state index in [1.165, 1.54) is 25.0 Å². The molecule has 0 bridgehead atoms. The quantitative estimate of drug-likeness (QED) is 0.832. The van der Waals surface area contributed by atoms with Gasteiger partial charge in [-0.1, -0.05) is 12.1 Å². The predicted molar refractivity (Wildman–Crippen MR) is 61.5 cm³/mol. The van der Waals surface area contributed by atoms with Crippen LogP contribution in [-0.4, -0.2) is 12.7 Å². The summed E-state index contributed by atoms with van der Waals surface area (Å²) in [5.74, 6) is 0.317. The second-order valence-corrected chi connectivity index (χ2v) is 4.34. The molecular weight excluding hydrogens is 205 g/mol. The van der Waals surface area contributed by atoms with Gasteiger partial charge in [0, 0.05) is 6.61 Å². The predicted octanol–water partition coefficient (Wildman–Crippen LogP) is 2.64. The summed E-state index contributed by atoms with van der Waals surface area (Å²) in [4.78, 5) is 0. The van der Waals surface area contributed by atoms with E-state index in [0.29, 0.717) is 12.5 Å². The SMILES string of the molecule is CCOC(C1CC1)C(N)c1cccc(F)c1. The Balaban J connectivity index is 2.12. The van der Waals surface area contributed by atoms with Crippen molar-refractivity contribution in [1.29, 1.82) is 0 Å². The number of rotatable bonds is 5. The molecular formula is C13H18FNO. The summed E-state index contributed by atoms with van der Waals surface area (Å²) in [6, 6.07) is 6.27. The van der Waals surface area contributed by atoms with Gasteiger partial charge in [-0.2, -0.15) is 0 Å². The maximum atomic E-state index is 13.1. The molecule has 1 aliphatic rings. The molecule has 16 heavy (non-hydrogen) atoms. The lowest BCUT2D eigenvalue weighted by Crippen LogP contribution is -2.31. The highest BCUT2D eigenvalue weighted by Crippen LogP contribution is 2.39. The second kappa shape index (κ2) is 4.93. The fraction of sp³-hybridized carbons (Fsp3) is 0.538. The number of benzene rings is 1. The van der Waals surface area contributed by atoms with Crippen molar-refractivity contribution in [2.75, 3.05) is 6.61 Å². The minimum absolute atomic E-state index is 0.0341. The van der Waals surface area contributed by atoms with E-state index < -0.39 is 0 Å². The van der Waals surface area contributed by atoms with Crippen LogP contribution < -0.4 is 5.73 Å². The van der Waals surface area contributed by atoms with Gasteiger partial charge in [-0.3, -0.25) is 0 Å². The molecule has 3 heteroatoms. The Bertz CT molecular complexity index is 352. The van der Waals surface area contributed by atoms with Gasteiger partial charge in [-0.25, -0.2) is 4.39 Å². The number of nitrogens with two attached hydrogens (primary N) is 1. The Kier molecular flexibility index (Phi) is 3.56. The highest BCUT2D eigenvalue weighted by atomic mass is 19.1. The Morgan fingerprint density at radius 2 is 2.25 bits per heavy atom. The molecule has 0 heterocycles. The second-order valence-electron chi connectivity index (χ2n) is 4.34. The summed E-state index contributed by atoms with van der Waals surface area (Å²) < 4.78 is 18.8. The van der Waals surface area contributed by atoms with Crippen molar-refractivity contribution >= 4 is 0 Å². The molecule has 0 aromatic heterocycles. The maximum absolute atomic E-state index is 13.1. The average Bonchev–Trinajstić information content (AvgIpc) is 3.09. The molecule has 88 valence electrons. The third kappa shape index (κ3) is 2.60. The third-order valence-electron chi connectivity index (χ3n) is 3.03. The van der Waals surface area contributed by atoms with Crippen LogP contribution in [0, 0.1) is 11.7 Å². The summed E-state index contributed by atoms with van der Waals surface area (Å²) >= 11 is 0. The van der Waals surface area contributed by atoms with Crippen LogP contribution in [0.4, 0.5) is 4.39 Å². The van der Waals surface area contributed by atoms with E-state index in [1.54, 1.807) is 6.07 Å². The smallest absolute Gasteiger partial charge is 0.123 e. The van der Waals surface area contributed by atoms with Gasteiger partial charge in [0.25, 0.3) is 0 Å². The van der Waals surface area contributed by atoms with Gasteiger partial charge < -0.3 is 10.5 Å². The highest BCUT2D eigenvalue weighted by molar-refractivity contribution is 5.21. The fourth-order valence-corrected chi connectivity index (χ4v) is 2.05. The highest BCUT2D eigenvalue weighted by Gasteiger charge is 2.36. The van der Waals surface area contributed by atoms with E-state index in [2.05, 4.69) is 0 Å². The van der Waals surface area contributed by atoms with Crippen LogP contribution in [0.15, 0.2) is 24.3 Å². The summed E-state index contributed by atoms with van der Waals surface area (Å²) in [7, 11) is 0. The van der Waals surface area contributed by atoms with Gasteiger partial charge in [0.2, 0.25) is 0 Å². The first-order valence-electron chi connectivity index (χ1n) is 5.85. The van der Waals surface area contributed by atoms with E-state index in [0.717, 1.165) is 5.56 Å². The van der Waals surface area contributed by atoms with Gasteiger partial charge in [0.15, 0.2) is 0 Å². The van der Waals surface area contributed by atoms with Crippen LogP contribution >= 0.6 is 0 Å². The van der Waals surface area contributed by atoms with Crippen LogP contribution in [0.2, 0.25) is 0 Å². The van der Waals surface area contributed by atoms with Crippen molar-refractivity contribution in [2.45, 2.75) is 31.9 Å². The van der Waals surface area contributed by atoms with Crippen molar-refractivity contribution in [3.05, 3.63) is 35.6 Å². The minimum atomic E-state index is -0.237. The normalized spacial score (nSPS) is 19.4. The van der Waals surface area contributed by atoms with E-state index >= 15 is 0 Å². The zero-order chi connectivity index (χ0) is 11.5. The van der Waals surface area contributed by atoms with Gasteiger partial charge in [0.1, 0.15) is 5.82 Å². The first-order chi connectivity index (χ1) is 7.72. The van der Waals surface area contributed by atoms with Crippen molar-refractivity contribution < 1.29 is 9.13 Å². The van der Waals surface area contributed by atoms with Crippen LogP contribution in [0.1, 0.15) is 31.4 Å². The molecule has 1 fully saturated rings. The Labute approximate surface area is 95.6 Å². The largest absolute Gasteiger partial charge is 0.376 e. The van der Waals surface area contributed by atoms with Crippen molar-refractivity contribution in [3.8, 4) is 0 Å². The molecule has 2 rings (SSSR count). The molecule has 0 radical (unpaired) electrons. The summed E-state index contributed by atoms with van der Waals surface area (Å²) in [5, 5.41) is 0. The molecule has 0 saturated heterocycles. The standard InChI is InChI=1S/C13H18FNO/c1-2-16-13(9-6-7-9)12(15)10-4-3-5-11(14)8-10/h3-5,8-9,12-13H,2,6-7,15H2,1H3. The fourth-order valence-electron chi connectivity index (χ4n) is 2.05. The van der Waals surface area contributed by atoms with Crippen molar-refractivity contribution in [2.24, 2.45) is 11.7 Å². The first-order valence-corrected chi connectivity index (χ1v) is 5.85. The summed E-state index contributed by atoms with van der Waals surface area (Å²) in [5.41, 5.74) is 6.97. The summed E-state index contributed by atoms with van der Waals surface area (Å²) in [6.07, 6.45) is 2.38. The van der Waals surface area contributed by atoms with Gasteiger partial charge in [0.05, 0.1) is 12.1 Å². The molecule has 0 amide bonds. The lowest BCUT2D eigenvalue weighted by atomic mass is 9.99. The molecule has 1 aromatic carbocycles. The minimum Gasteiger partial charge on any atom is -0.376 e. The van der Waals surface area contributed by atoms with Crippen LogP contribution in [-0.2, 0) is 4.74 Å². The molecule has 2 nitrogen and oxygen atoms in total. The topological polar surface area (TPSA) is 35.2 Å². The van der Waals surface area contributed by atoms with Crippen LogP contribution in [0.3, 0.4) is 0 Å². The zero-order valence-electron chi connectivity index (χ0n) is 9.53. The Morgan fingerprint density at radius 3 is 2.81 bits per heavy atom.